The molecular formula is C10H19N3O3. The first-order valence-electron chi connectivity index (χ1n) is 5.14. The van der Waals surface area contributed by atoms with E-state index >= 15 is 0 Å². The number of hydrogen-bond donors (Lipinski definition) is 4. The molecule has 6 nitrogen and oxygen atoms in total. The van der Waals surface area contributed by atoms with E-state index in [9.17, 15) is 9.59 Å². The first-order chi connectivity index (χ1) is 7.49. The Hall–Kier alpha value is -1.56. The molecule has 0 aliphatic heterocycles. The fourth-order valence-corrected chi connectivity index (χ4v) is 1.07. The molecule has 0 aliphatic carbocycles. The number of carboxylic acid groups (broad SMARTS) is 1. The molecule has 0 heterocycles. The molecule has 0 aromatic carbocycles. The van der Waals surface area contributed by atoms with Crippen molar-refractivity contribution >= 4 is 11.9 Å². The van der Waals surface area contributed by atoms with Gasteiger partial charge in [-0.25, -0.2) is 4.79 Å². The Labute approximate surface area is 94.7 Å². The van der Waals surface area contributed by atoms with E-state index in [0.717, 1.165) is 12.8 Å². The summed E-state index contributed by atoms with van der Waals surface area (Å²) in [6.07, 6.45) is 3.31. The van der Waals surface area contributed by atoms with Gasteiger partial charge in [-0.05, 0) is 32.7 Å². The number of hydrogen-bond acceptors (Lipinski definition) is 4. The molecule has 16 heavy (non-hydrogen) atoms. The highest BCUT2D eigenvalue weighted by Crippen LogP contribution is 2.01. The lowest BCUT2D eigenvalue weighted by molar-refractivity contribution is -0.139. The number of nitrogens with one attached hydrogen (secondary N) is 1. The maximum atomic E-state index is 10.8. The quantitative estimate of drug-likeness (QED) is 0.332. The standard InChI is InChI=1S/C10H19N3O3/c1-7(9(12)14)6-13-8(10(15)16)4-2-3-5-11/h6,8,13H,2-5,11H2,1H3,(H2,12,14)(H,15,16)/t8-/m0/s1. The summed E-state index contributed by atoms with van der Waals surface area (Å²) < 4.78 is 0. The molecule has 1 atom stereocenters. The van der Waals surface area contributed by atoms with Crippen LogP contribution in [0.2, 0.25) is 0 Å². The van der Waals surface area contributed by atoms with Crippen molar-refractivity contribution in [3.63, 3.8) is 0 Å². The zero-order chi connectivity index (χ0) is 12.6. The maximum Gasteiger partial charge on any atom is 0.326 e. The lowest BCUT2D eigenvalue weighted by Crippen LogP contribution is -2.34. The van der Waals surface area contributed by atoms with Crippen molar-refractivity contribution in [2.24, 2.45) is 11.5 Å². The number of nitrogens with two attached hydrogens (primary N) is 2. The van der Waals surface area contributed by atoms with E-state index in [0.29, 0.717) is 18.5 Å². The molecule has 92 valence electrons. The van der Waals surface area contributed by atoms with E-state index in [2.05, 4.69) is 5.32 Å². The fourth-order valence-electron chi connectivity index (χ4n) is 1.07. The molecule has 0 radical (unpaired) electrons. The molecular weight excluding hydrogens is 210 g/mol. The van der Waals surface area contributed by atoms with Crippen LogP contribution in [0.15, 0.2) is 11.8 Å². The van der Waals surface area contributed by atoms with Gasteiger partial charge in [-0.3, -0.25) is 4.79 Å². The normalized spacial score (nSPS) is 13.2. The molecule has 0 rings (SSSR count). The molecule has 0 aliphatic rings. The molecule has 0 aromatic heterocycles. The average Bonchev–Trinajstić information content (AvgIpc) is 2.21. The van der Waals surface area contributed by atoms with Gasteiger partial charge in [0.1, 0.15) is 6.04 Å². The van der Waals surface area contributed by atoms with Crippen molar-refractivity contribution in [1.82, 2.24) is 5.32 Å². The predicted molar refractivity (Wildman–Crippen MR) is 60.4 cm³/mol. The Morgan fingerprint density at radius 3 is 2.50 bits per heavy atom. The summed E-state index contributed by atoms with van der Waals surface area (Å²) in [5.74, 6) is -1.52. The zero-order valence-corrected chi connectivity index (χ0v) is 9.40. The van der Waals surface area contributed by atoms with Crippen molar-refractivity contribution in [2.75, 3.05) is 6.54 Å². The topological polar surface area (TPSA) is 118 Å². The van der Waals surface area contributed by atoms with Crippen LogP contribution in [0.4, 0.5) is 0 Å². The highest BCUT2D eigenvalue weighted by molar-refractivity contribution is 5.91. The number of unbranched alkanes of at least 4 members (excludes halogenated alkanes) is 1. The molecule has 0 saturated carbocycles. The predicted octanol–water partition coefficient (Wildman–Crippen LogP) is -0.453. The van der Waals surface area contributed by atoms with Gasteiger partial charge in [0.05, 0.1) is 0 Å². The highest BCUT2D eigenvalue weighted by Gasteiger charge is 2.14. The second-order valence-electron chi connectivity index (χ2n) is 3.53. The Kier molecular flexibility index (Phi) is 6.95. The molecule has 0 unspecified atom stereocenters. The largest absolute Gasteiger partial charge is 0.480 e. The molecule has 0 aromatic rings. The molecule has 6 N–H and O–H groups in total. The van der Waals surface area contributed by atoms with Crippen molar-refractivity contribution < 1.29 is 14.7 Å². The zero-order valence-electron chi connectivity index (χ0n) is 9.40. The summed E-state index contributed by atoms with van der Waals surface area (Å²) in [6.45, 7) is 2.07. The van der Waals surface area contributed by atoms with Crippen molar-refractivity contribution in [1.29, 1.82) is 0 Å². The number of carbonyl (C=O) groups excluding carboxylic acids is 1. The van der Waals surface area contributed by atoms with Crippen LogP contribution in [0, 0.1) is 0 Å². The van der Waals surface area contributed by atoms with Crippen LogP contribution in [-0.2, 0) is 9.59 Å². The molecule has 6 heteroatoms. The van der Waals surface area contributed by atoms with Crippen LogP contribution >= 0.6 is 0 Å². The lowest BCUT2D eigenvalue weighted by Gasteiger charge is -2.12. The number of primary amides is 1. The van der Waals surface area contributed by atoms with Crippen molar-refractivity contribution in [3.8, 4) is 0 Å². The third kappa shape index (κ3) is 6.02. The van der Waals surface area contributed by atoms with Crippen molar-refractivity contribution in [3.05, 3.63) is 11.8 Å². The van der Waals surface area contributed by atoms with Crippen LogP contribution in [0.3, 0.4) is 0 Å². The molecule has 0 saturated heterocycles. The molecule has 0 spiro atoms. The van der Waals surface area contributed by atoms with Crippen LogP contribution in [0.5, 0.6) is 0 Å². The SMILES string of the molecule is CC(=CN[C@@H](CCCCN)C(=O)O)C(N)=O. The third-order valence-corrected chi connectivity index (χ3v) is 2.13. The number of amides is 1. The fraction of sp³-hybridized carbons (Fsp3) is 0.600. The van der Waals surface area contributed by atoms with Gasteiger partial charge in [0.2, 0.25) is 5.91 Å². The number of rotatable bonds is 8. The van der Waals surface area contributed by atoms with Crippen molar-refractivity contribution in [2.45, 2.75) is 32.2 Å². The molecule has 0 fully saturated rings. The van der Waals surface area contributed by atoms with Gasteiger partial charge in [0.15, 0.2) is 0 Å². The summed E-state index contributed by atoms with van der Waals surface area (Å²) in [5, 5.41) is 11.5. The number of carboxylic acids is 1. The molecule has 1 amide bonds. The highest BCUT2D eigenvalue weighted by atomic mass is 16.4. The van der Waals surface area contributed by atoms with Gasteiger partial charge in [0.25, 0.3) is 0 Å². The van der Waals surface area contributed by atoms with Gasteiger partial charge in [-0.2, -0.15) is 0 Å². The van der Waals surface area contributed by atoms with Crippen LogP contribution < -0.4 is 16.8 Å². The summed E-state index contributed by atoms with van der Waals surface area (Å²) in [4.78, 5) is 21.5. The number of aliphatic carboxylic acids is 1. The summed E-state index contributed by atoms with van der Waals surface area (Å²) in [7, 11) is 0. The van der Waals surface area contributed by atoms with Crippen LogP contribution in [0.1, 0.15) is 26.2 Å². The second-order valence-corrected chi connectivity index (χ2v) is 3.53. The monoisotopic (exact) mass is 229 g/mol. The van der Waals surface area contributed by atoms with Gasteiger partial charge in [0, 0.05) is 11.8 Å². The average molecular weight is 229 g/mol. The minimum atomic E-state index is -0.953. The Morgan fingerprint density at radius 2 is 2.06 bits per heavy atom. The third-order valence-electron chi connectivity index (χ3n) is 2.13. The van der Waals surface area contributed by atoms with E-state index in [-0.39, 0.29) is 0 Å². The van der Waals surface area contributed by atoms with Gasteiger partial charge in [-0.15, -0.1) is 0 Å². The number of carbonyl (C=O) groups is 2. The first kappa shape index (κ1) is 14.4. The van der Waals surface area contributed by atoms with E-state index in [4.69, 9.17) is 16.6 Å². The minimum absolute atomic E-state index is 0.296. The Balaban J connectivity index is 4.18. The Morgan fingerprint density at radius 1 is 1.44 bits per heavy atom. The second kappa shape index (κ2) is 7.70. The van der Waals surface area contributed by atoms with E-state index in [1.54, 1.807) is 0 Å². The van der Waals surface area contributed by atoms with Crippen LogP contribution in [0.25, 0.3) is 0 Å². The smallest absolute Gasteiger partial charge is 0.326 e. The van der Waals surface area contributed by atoms with E-state index in [1.807, 2.05) is 0 Å². The van der Waals surface area contributed by atoms with Gasteiger partial charge < -0.3 is 21.9 Å². The van der Waals surface area contributed by atoms with E-state index in [1.165, 1.54) is 13.1 Å². The summed E-state index contributed by atoms with van der Waals surface area (Å²) in [5.41, 5.74) is 10.6. The minimum Gasteiger partial charge on any atom is -0.480 e. The maximum absolute atomic E-state index is 10.8. The Bertz CT molecular complexity index is 276. The van der Waals surface area contributed by atoms with Gasteiger partial charge >= 0.3 is 5.97 Å². The summed E-state index contributed by atoms with van der Waals surface area (Å²) in [6, 6.07) is -0.708. The molecule has 0 bridgehead atoms. The summed E-state index contributed by atoms with van der Waals surface area (Å²) >= 11 is 0. The van der Waals surface area contributed by atoms with Crippen LogP contribution in [-0.4, -0.2) is 29.6 Å². The first-order valence-corrected chi connectivity index (χ1v) is 5.14. The lowest BCUT2D eigenvalue weighted by atomic mass is 10.1. The van der Waals surface area contributed by atoms with Gasteiger partial charge in [-0.1, -0.05) is 0 Å². The van der Waals surface area contributed by atoms with E-state index < -0.39 is 17.9 Å².